The molecule has 112 valence electrons. The van der Waals surface area contributed by atoms with E-state index in [-0.39, 0.29) is 30.4 Å². The highest BCUT2D eigenvalue weighted by Gasteiger charge is 2.39. The van der Waals surface area contributed by atoms with Crippen molar-refractivity contribution < 1.29 is 13.2 Å². The molecule has 1 amide bonds. The molecule has 1 fully saturated rings. The smallest absolute Gasteiger partial charge is 0.241 e. The van der Waals surface area contributed by atoms with Crippen molar-refractivity contribution in [1.82, 2.24) is 10.2 Å². The summed E-state index contributed by atoms with van der Waals surface area (Å²) in [7, 11) is -3.08. The van der Waals surface area contributed by atoms with Gasteiger partial charge in [-0.1, -0.05) is 19.4 Å². The molecule has 0 aromatic carbocycles. The Morgan fingerprint density at radius 3 is 2.75 bits per heavy atom. The normalized spacial score (nSPS) is 23.5. The van der Waals surface area contributed by atoms with Crippen LogP contribution in [0.4, 0.5) is 0 Å². The quantitative estimate of drug-likeness (QED) is 0.861. The van der Waals surface area contributed by atoms with Gasteiger partial charge in [0.2, 0.25) is 5.91 Å². The van der Waals surface area contributed by atoms with E-state index in [1.54, 1.807) is 16.2 Å². The molecule has 1 aliphatic heterocycles. The first-order valence-electron chi connectivity index (χ1n) is 6.70. The van der Waals surface area contributed by atoms with Crippen molar-refractivity contribution in [3.8, 4) is 0 Å². The van der Waals surface area contributed by atoms with Crippen LogP contribution in [0.2, 0.25) is 0 Å². The van der Waals surface area contributed by atoms with Gasteiger partial charge in [-0.15, -0.1) is 11.3 Å². The van der Waals surface area contributed by atoms with Crippen molar-refractivity contribution in [2.75, 3.05) is 18.6 Å². The van der Waals surface area contributed by atoms with E-state index in [1.165, 1.54) is 6.26 Å². The summed E-state index contributed by atoms with van der Waals surface area (Å²) < 4.78 is 22.7. The van der Waals surface area contributed by atoms with Crippen molar-refractivity contribution in [1.29, 1.82) is 0 Å². The maximum atomic E-state index is 12.4. The maximum absolute atomic E-state index is 12.4. The van der Waals surface area contributed by atoms with E-state index in [2.05, 4.69) is 5.32 Å². The van der Waals surface area contributed by atoms with Gasteiger partial charge in [-0.05, 0) is 17.9 Å². The number of hydrogen-bond acceptors (Lipinski definition) is 5. The zero-order valence-electron chi connectivity index (χ0n) is 11.7. The second-order valence-corrected chi connectivity index (χ2v) is 8.33. The van der Waals surface area contributed by atoms with Crippen LogP contribution < -0.4 is 5.32 Å². The Labute approximate surface area is 123 Å². The molecule has 0 spiro atoms. The molecule has 0 saturated carbocycles. The minimum atomic E-state index is -3.08. The molecule has 1 saturated heterocycles. The number of sulfone groups is 1. The molecule has 2 unspecified atom stereocenters. The summed E-state index contributed by atoms with van der Waals surface area (Å²) in [6, 6.07) is 3.71. The standard InChI is InChI=1S/C13H20N2O3S2/c1-3-5-10-13(16)15(7-9-20(2,17)18)12(14-10)11-6-4-8-19-11/h4,6,8,10,12,14H,3,5,7,9H2,1-2H3. The lowest BCUT2D eigenvalue weighted by Gasteiger charge is -2.22. The molecule has 0 bridgehead atoms. The van der Waals surface area contributed by atoms with E-state index < -0.39 is 9.84 Å². The summed E-state index contributed by atoms with van der Waals surface area (Å²) in [6.07, 6.45) is 2.70. The summed E-state index contributed by atoms with van der Waals surface area (Å²) in [5.74, 6) is 0.00937. The largest absolute Gasteiger partial charge is 0.320 e. The Bertz CT molecular complexity index is 554. The fraction of sp³-hybridized carbons (Fsp3) is 0.615. The molecule has 7 heteroatoms. The van der Waals surface area contributed by atoms with Crippen molar-refractivity contribution in [3.63, 3.8) is 0 Å². The average Bonchev–Trinajstić information content (AvgIpc) is 2.96. The van der Waals surface area contributed by atoms with E-state index in [0.717, 1.165) is 17.7 Å². The Morgan fingerprint density at radius 1 is 1.45 bits per heavy atom. The molecule has 2 heterocycles. The summed E-state index contributed by atoms with van der Waals surface area (Å²) in [4.78, 5) is 15.1. The van der Waals surface area contributed by atoms with Crippen LogP contribution in [0.15, 0.2) is 17.5 Å². The SMILES string of the molecule is CCCC1NC(c2cccs2)N(CCS(C)(=O)=O)C1=O. The van der Waals surface area contributed by atoms with E-state index >= 15 is 0 Å². The highest BCUT2D eigenvalue weighted by Crippen LogP contribution is 2.29. The lowest BCUT2D eigenvalue weighted by Crippen LogP contribution is -2.34. The molecule has 0 aliphatic carbocycles. The Balaban J connectivity index is 2.17. The van der Waals surface area contributed by atoms with E-state index in [4.69, 9.17) is 0 Å². The molecule has 2 atom stereocenters. The molecule has 1 aromatic rings. The first kappa shape index (κ1) is 15.5. The Kier molecular flexibility index (Phi) is 4.82. The van der Waals surface area contributed by atoms with Gasteiger partial charge >= 0.3 is 0 Å². The van der Waals surface area contributed by atoms with E-state index in [0.29, 0.717) is 0 Å². The van der Waals surface area contributed by atoms with Gasteiger partial charge in [0.25, 0.3) is 0 Å². The average molecular weight is 316 g/mol. The first-order valence-corrected chi connectivity index (χ1v) is 9.64. The van der Waals surface area contributed by atoms with Crippen molar-refractivity contribution in [2.24, 2.45) is 0 Å². The molecule has 1 aromatic heterocycles. The second kappa shape index (κ2) is 6.24. The third-order valence-corrected chi connectivity index (χ3v) is 5.19. The minimum absolute atomic E-state index is 0.00113. The van der Waals surface area contributed by atoms with Crippen LogP contribution >= 0.6 is 11.3 Å². The summed E-state index contributed by atoms with van der Waals surface area (Å²) in [6.45, 7) is 2.28. The van der Waals surface area contributed by atoms with Crippen LogP contribution in [0.1, 0.15) is 30.8 Å². The van der Waals surface area contributed by atoms with Crippen LogP contribution in [-0.4, -0.2) is 43.8 Å². The first-order chi connectivity index (χ1) is 9.42. The summed E-state index contributed by atoms with van der Waals surface area (Å²) in [5, 5.41) is 5.28. The van der Waals surface area contributed by atoms with Crippen LogP contribution in [0.25, 0.3) is 0 Å². The van der Waals surface area contributed by atoms with Crippen LogP contribution in [-0.2, 0) is 14.6 Å². The molecule has 1 aliphatic rings. The number of amides is 1. The lowest BCUT2D eigenvalue weighted by atomic mass is 10.2. The topological polar surface area (TPSA) is 66.5 Å². The third-order valence-electron chi connectivity index (χ3n) is 3.34. The van der Waals surface area contributed by atoms with Crippen LogP contribution in [0.5, 0.6) is 0 Å². The number of thiophene rings is 1. The minimum Gasteiger partial charge on any atom is -0.320 e. The van der Waals surface area contributed by atoms with Gasteiger partial charge in [0, 0.05) is 17.7 Å². The van der Waals surface area contributed by atoms with E-state index in [1.807, 2.05) is 24.4 Å². The van der Waals surface area contributed by atoms with Crippen LogP contribution in [0.3, 0.4) is 0 Å². The summed E-state index contributed by atoms with van der Waals surface area (Å²) >= 11 is 1.57. The molecule has 0 radical (unpaired) electrons. The highest BCUT2D eigenvalue weighted by atomic mass is 32.2. The Hall–Kier alpha value is -0.920. The lowest BCUT2D eigenvalue weighted by molar-refractivity contribution is -0.129. The predicted molar refractivity (Wildman–Crippen MR) is 80.3 cm³/mol. The van der Waals surface area contributed by atoms with Gasteiger partial charge in [-0.25, -0.2) is 8.42 Å². The van der Waals surface area contributed by atoms with Gasteiger partial charge in [0.1, 0.15) is 16.0 Å². The molecule has 1 N–H and O–H groups in total. The monoisotopic (exact) mass is 316 g/mol. The van der Waals surface area contributed by atoms with Gasteiger partial charge in [0.05, 0.1) is 11.8 Å². The summed E-state index contributed by atoms with van der Waals surface area (Å²) in [5.41, 5.74) is 0. The maximum Gasteiger partial charge on any atom is 0.241 e. The van der Waals surface area contributed by atoms with Crippen molar-refractivity contribution in [3.05, 3.63) is 22.4 Å². The third kappa shape index (κ3) is 3.59. The zero-order valence-corrected chi connectivity index (χ0v) is 13.3. The fourth-order valence-electron chi connectivity index (χ4n) is 2.36. The number of nitrogens with zero attached hydrogens (tertiary/aromatic N) is 1. The fourth-order valence-corrected chi connectivity index (χ4v) is 3.68. The number of rotatable bonds is 6. The van der Waals surface area contributed by atoms with Gasteiger partial charge in [0.15, 0.2) is 0 Å². The number of carbonyl (C=O) groups is 1. The van der Waals surface area contributed by atoms with E-state index in [9.17, 15) is 13.2 Å². The second-order valence-electron chi connectivity index (χ2n) is 5.09. The van der Waals surface area contributed by atoms with Gasteiger partial charge < -0.3 is 4.90 Å². The molecule has 5 nitrogen and oxygen atoms in total. The molecule has 2 rings (SSSR count). The number of nitrogens with one attached hydrogen (secondary N) is 1. The highest BCUT2D eigenvalue weighted by molar-refractivity contribution is 7.90. The number of carbonyl (C=O) groups excluding carboxylic acids is 1. The molecular weight excluding hydrogens is 296 g/mol. The van der Waals surface area contributed by atoms with Crippen LogP contribution in [0, 0.1) is 0 Å². The van der Waals surface area contributed by atoms with Crippen molar-refractivity contribution in [2.45, 2.75) is 32.0 Å². The Morgan fingerprint density at radius 2 is 2.20 bits per heavy atom. The van der Waals surface area contributed by atoms with Crippen molar-refractivity contribution >= 4 is 27.1 Å². The molecular formula is C13H20N2O3S2. The zero-order chi connectivity index (χ0) is 14.8. The predicted octanol–water partition coefficient (Wildman–Crippen LogP) is 1.39. The number of hydrogen-bond donors (Lipinski definition) is 1. The van der Waals surface area contributed by atoms with Gasteiger partial charge in [-0.2, -0.15) is 0 Å². The molecule has 20 heavy (non-hydrogen) atoms. The van der Waals surface area contributed by atoms with Gasteiger partial charge in [-0.3, -0.25) is 10.1 Å².